The number of hydrogen-bond donors (Lipinski definition) is 1. The molecule has 0 aliphatic heterocycles. The van der Waals surface area contributed by atoms with E-state index in [1.807, 2.05) is 0 Å². The van der Waals surface area contributed by atoms with Crippen LogP contribution in [0.25, 0.3) is 0 Å². The Labute approximate surface area is 162 Å². The standard InChI is InChI=1S/C17H18ClN3O5S/c1-3-20(4-2)27(25,26)16-11-13(7-10-15(16)18)19-17(22)12-5-8-14(9-6-12)21(23)24/h5-11H,3-4H2,1-2H3,(H,19,22). The van der Waals surface area contributed by atoms with E-state index in [0.717, 1.165) is 0 Å². The van der Waals surface area contributed by atoms with Gasteiger partial charge in [-0.3, -0.25) is 14.9 Å². The number of amides is 1. The van der Waals surface area contributed by atoms with E-state index in [-0.39, 0.29) is 39.9 Å². The normalized spacial score (nSPS) is 11.4. The van der Waals surface area contributed by atoms with E-state index >= 15 is 0 Å². The van der Waals surface area contributed by atoms with Crippen LogP contribution in [0.1, 0.15) is 24.2 Å². The van der Waals surface area contributed by atoms with Gasteiger partial charge in [-0.25, -0.2) is 8.42 Å². The van der Waals surface area contributed by atoms with Crippen molar-refractivity contribution < 1.29 is 18.1 Å². The molecule has 0 unspecified atom stereocenters. The molecule has 2 aromatic carbocycles. The molecule has 2 aromatic rings. The van der Waals surface area contributed by atoms with Crippen LogP contribution in [0.15, 0.2) is 47.4 Å². The molecule has 10 heteroatoms. The van der Waals surface area contributed by atoms with Crippen molar-refractivity contribution in [3.8, 4) is 0 Å². The quantitative estimate of drug-likeness (QED) is 0.553. The highest BCUT2D eigenvalue weighted by atomic mass is 35.5. The Morgan fingerprint density at radius 1 is 1.15 bits per heavy atom. The summed E-state index contributed by atoms with van der Waals surface area (Å²) in [6.07, 6.45) is 0. The Morgan fingerprint density at radius 2 is 1.74 bits per heavy atom. The lowest BCUT2D eigenvalue weighted by Gasteiger charge is -2.19. The first-order valence-corrected chi connectivity index (χ1v) is 9.88. The van der Waals surface area contributed by atoms with Gasteiger partial charge >= 0.3 is 0 Å². The zero-order chi connectivity index (χ0) is 20.2. The topological polar surface area (TPSA) is 110 Å². The monoisotopic (exact) mass is 411 g/mol. The van der Waals surface area contributed by atoms with Gasteiger partial charge < -0.3 is 5.32 Å². The molecule has 0 spiro atoms. The van der Waals surface area contributed by atoms with E-state index in [0.29, 0.717) is 0 Å². The summed E-state index contributed by atoms with van der Waals surface area (Å²) in [5, 5.41) is 13.3. The molecule has 144 valence electrons. The highest BCUT2D eigenvalue weighted by Gasteiger charge is 2.25. The minimum absolute atomic E-state index is 0.0511. The molecule has 27 heavy (non-hydrogen) atoms. The number of nitrogens with one attached hydrogen (secondary N) is 1. The maximum Gasteiger partial charge on any atom is 0.269 e. The van der Waals surface area contributed by atoms with E-state index in [1.54, 1.807) is 13.8 Å². The molecule has 0 aromatic heterocycles. The van der Waals surface area contributed by atoms with Crippen LogP contribution in [0.4, 0.5) is 11.4 Å². The van der Waals surface area contributed by atoms with Crippen LogP contribution >= 0.6 is 11.6 Å². The molecular weight excluding hydrogens is 394 g/mol. The number of benzene rings is 2. The predicted octanol–water partition coefficient (Wildman–Crippen LogP) is 3.53. The fourth-order valence-electron chi connectivity index (χ4n) is 2.42. The third-order valence-electron chi connectivity index (χ3n) is 3.85. The van der Waals surface area contributed by atoms with Gasteiger partial charge in [0.25, 0.3) is 11.6 Å². The predicted molar refractivity (Wildman–Crippen MR) is 103 cm³/mol. The first-order valence-electron chi connectivity index (χ1n) is 8.06. The number of hydrogen-bond acceptors (Lipinski definition) is 5. The van der Waals surface area contributed by atoms with Crippen LogP contribution in [-0.2, 0) is 10.0 Å². The SMILES string of the molecule is CCN(CC)S(=O)(=O)c1cc(NC(=O)c2ccc([N+](=O)[O-])cc2)ccc1Cl. The molecule has 0 saturated heterocycles. The minimum atomic E-state index is -3.79. The molecule has 0 fully saturated rings. The first-order chi connectivity index (χ1) is 12.7. The highest BCUT2D eigenvalue weighted by Crippen LogP contribution is 2.28. The van der Waals surface area contributed by atoms with Gasteiger partial charge in [-0.1, -0.05) is 25.4 Å². The van der Waals surface area contributed by atoms with Gasteiger partial charge in [0.05, 0.1) is 9.95 Å². The Hall–Kier alpha value is -2.49. The van der Waals surface area contributed by atoms with E-state index < -0.39 is 20.9 Å². The van der Waals surface area contributed by atoms with Crippen molar-refractivity contribution in [1.29, 1.82) is 0 Å². The Kier molecular flexibility index (Phi) is 6.53. The number of halogens is 1. The molecule has 0 aliphatic carbocycles. The van der Waals surface area contributed by atoms with E-state index in [1.165, 1.54) is 46.8 Å². The summed E-state index contributed by atoms with van der Waals surface area (Å²) in [5.41, 5.74) is 0.308. The number of carbonyl (C=O) groups is 1. The van der Waals surface area contributed by atoms with Gasteiger partial charge in [-0.05, 0) is 30.3 Å². The number of nitro benzene ring substituents is 1. The lowest BCUT2D eigenvalue weighted by atomic mass is 10.2. The summed E-state index contributed by atoms with van der Waals surface area (Å²) in [5.74, 6) is -0.529. The van der Waals surface area contributed by atoms with Crippen LogP contribution in [-0.4, -0.2) is 36.6 Å². The molecule has 8 nitrogen and oxygen atoms in total. The van der Waals surface area contributed by atoms with Crippen molar-refractivity contribution in [3.63, 3.8) is 0 Å². The number of non-ortho nitro benzene ring substituents is 1. The summed E-state index contributed by atoms with van der Waals surface area (Å²) >= 11 is 6.06. The second-order valence-electron chi connectivity index (χ2n) is 5.49. The summed E-state index contributed by atoms with van der Waals surface area (Å²) < 4.78 is 26.6. The van der Waals surface area contributed by atoms with E-state index in [4.69, 9.17) is 11.6 Å². The molecule has 0 radical (unpaired) electrons. The van der Waals surface area contributed by atoms with Crippen LogP contribution in [0.3, 0.4) is 0 Å². The zero-order valence-corrected chi connectivity index (χ0v) is 16.2. The zero-order valence-electron chi connectivity index (χ0n) is 14.7. The van der Waals surface area contributed by atoms with Crippen molar-refractivity contribution in [2.24, 2.45) is 0 Å². The van der Waals surface area contributed by atoms with Gasteiger partial charge in [0.15, 0.2) is 0 Å². The summed E-state index contributed by atoms with van der Waals surface area (Å²) in [7, 11) is -3.79. The van der Waals surface area contributed by atoms with Crippen molar-refractivity contribution in [2.45, 2.75) is 18.7 Å². The van der Waals surface area contributed by atoms with Crippen LogP contribution < -0.4 is 5.32 Å². The summed E-state index contributed by atoms with van der Waals surface area (Å²) in [4.78, 5) is 22.3. The lowest BCUT2D eigenvalue weighted by molar-refractivity contribution is -0.384. The second-order valence-corrected chi connectivity index (χ2v) is 7.81. The van der Waals surface area contributed by atoms with Gasteiger partial charge in [0.2, 0.25) is 10.0 Å². The van der Waals surface area contributed by atoms with Gasteiger partial charge in [-0.2, -0.15) is 4.31 Å². The fraction of sp³-hybridized carbons (Fsp3) is 0.235. The average Bonchev–Trinajstić information content (AvgIpc) is 2.64. The number of nitro groups is 1. The van der Waals surface area contributed by atoms with Crippen LogP contribution in [0.2, 0.25) is 5.02 Å². The number of sulfonamides is 1. The molecule has 0 heterocycles. The smallest absolute Gasteiger partial charge is 0.269 e. The van der Waals surface area contributed by atoms with Crippen molar-refractivity contribution >= 4 is 38.9 Å². The van der Waals surface area contributed by atoms with E-state index in [2.05, 4.69) is 5.32 Å². The molecule has 0 bridgehead atoms. The number of rotatable bonds is 7. The molecule has 0 aliphatic rings. The third kappa shape index (κ3) is 4.62. The summed E-state index contributed by atoms with van der Waals surface area (Å²) in [6, 6.07) is 9.23. The van der Waals surface area contributed by atoms with Crippen LogP contribution in [0, 0.1) is 10.1 Å². The molecule has 0 saturated carbocycles. The molecule has 1 amide bonds. The Bertz CT molecular complexity index is 957. The highest BCUT2D eigenvalue weighted by molar-refractivity contribution is 7.89. The van der Waals surface area contributed by atoms with Crippen molar-refractivity contribution in [3.05, 3.63) is 63.2 Å². The van der Waals surface area contributed by atoms with Gasteiger partial charge in [0.1, 0.15) is 4.90 Å². The fourth-order valence-corrected chi connectivity index (χ4v) is 4.38. The second kappa shape index (κ2) is 8.47. The largest absolute Gasteiger partial charge is 0.322 e. The Balaban J connectivity index is 2.30. The average molecular weight is 412 g/mol. The number of nitrogens with zero attached hydrogens (tertiary/aromatic N) is 2. The molecule has 2 rings (SSSR count). The van der Waals surface area contributed by atoms with E-state index in [9.17, 15) is 23.3 Å². The molecule has 1 N–H and O–H groups in total. The maximum absolute atomic E-state index is 12.7. The molecule has 0 atom stereocenters. The van der Waals surface area contributed by atoms with Gasteiger partial charge in [-0.15, -0.1) is 0 Å². The van der Waals surface area contributed by atoms with Crippen molar-refractivity contribution in [1.82, 2.24) is 4.31 Å². The minimum Gasteiger partial charge on any atom is -0.322 e. The lowest BCUT2D eigenvalue weighted by Crippen LogP contribution is -2.30. The maximum atomic E-state index is 12.7. The Morgan fingerprint density at radius 3 is 2.26 bits per heavy atom. The third-order valence-corrected chi connectivity index (χ3v) is 6.38. The van der Waals surface area contributed by atoms with Crippen molar-refractivity contribution in [2.75, 3.05) is 18.4 Å². The molecular formula is C17H18ClN3O5S. The summed E-state index contributed by atoms with van der Waals surface area (Å²) in [6.45, 7) is 4.01. The van der Waals surface area contributed by atoms with Gasteiger partial charge in [0, 0.05) is 36.5 Å². The first kappa shape index (κ1) is 20.8. The van der Waals surface area contributed by atoms with Crippen LogP contribution in [0.5, 0.6) is 0 Å². The number of anilines is 1. The number of carbonyl (C=O) groups excluding carboxylic acids is 1.